The van der Waals surface area contributed by atoms with Crippen LogP contribution in [-0.4, -0.2) is 43.8 Å². The summed E-state index contributed by atoms with van der Waals surface area (Å²) >= 11 is 9.67. The summed E-state index contributed by atoms with van der Waals surface area (Å²) in [5.41, 5.74) is 0. The fourth-order valence-electron chi connectivity index (χ4n) is 1.65. The summed E-state index contributed by atoms with van der Waals surface area (Å²) < 4.78 is 5.87. The zero-order chi connectivity index (χ0) is 12.4. The lowest BCUT2D eigenvalue weighted by molar-refractivity contribution is 0.811. The number of hydrogen-bond donors (Lipinski definition) is 0. The lowest BCUT2D eigenvalue weighted by Crippen LogP contribution is -2.06. The predicted molar refractivity (Wildman–Crippen MR) is 69.2 cm³/mol. The average Bonchev–Trinajstić information content (AvgIpc) is 2.93. The molecule has 4 aromatic heterocycles. The Morgan fingerprint density at radius 3 is 1.11 bits per heavy atom. The molecule has 0 saturated heterocycles. The Kier molecular flexibility index (Phi) is 2.06. The first-order chi connectivity index (χ1) is 8.63. The van der Waals surface area contributed by atoms with Gasteiger partial charge in [-0.3, -0.25) is 0 Å². The highest BCUT2D eigenvalue weighted by atomic mass is 79.9. The molecule has 0 bridgehead atoms. The summed E-state index contributed by atoms with van der Waals surface area (Å²) in [7, 11) is 0. The molecule has 9 nitrogen and oxygen atoms in total. The Labute approximate surface area is 123 Å². The van der Waals surface area contributed by atoms with Crippen LogP contribution in [0.4, 0.5) is 0 Å². The van der Waals surface area contributed by atoms with E-state index in [2.05, 4.69) is 78.0 Å². The average molecular weight is 438 g/mol. The van der Waals surface area contributed by atoms with E-state index in [1.165, 1.54) is 13.5 Å². The van der Waals surface area contributed by atoms with E-state index >= 15 is 0 Å². The minimum Gasteiger partial charge on any atom is -0.183 e. The van der Waals surface area contributed by atoms with E-state index in [0.29, 0.717) is 31.5 Å². The highest BCUT2D eigenvalue weighted by Gasteiger charge is 2.18. The fourth-order valence-corrected chi connectivity index (χ4v) is 2.60. The quantitative estimate of drug-likeness (QED) is 0.409. The van der Waals surface area contributed by atoms with Crippen molar-refractivity contribution in [1.82, 2.24) is 43.8 Å². The lowest BCUT2D eigenvalue weighted by Gasteiger charge is -1.96. The molecule has 4 rings (SSSR count). The molecule has 0 aliphatic heterocycles. The van der Waals surface area contributed by atoms with Crippen LogP contribution < -0.4 is 0 Å². The van der Waals surface area contributed by atoms with Gasteiger partial charge in [-0.25, -0.2) is 0 Å². The van der Waals surface area contributed by atoms with Crippen molar-refractivity contribution in [3.8, 4) is 0 Å². The van der Waals surface area contributed by atoms with Crippen LogP contribution in [0.2, 0.25) is 0 Å². The molecule has 0 N–H and O–H groups in total. The van der Waals surface area contributed by atoms with Gasteiger partial charge in [0.25, 0.3) is 17.3 Å². The molecular weight excluding hydrogens is 438 g/mol. The summed E-state index contributed by atoms with van der Waals surface area (Å²) in [5.74, 6) is 1.47. The van der Waals surface area contributed by atoms with E-state index in [1.54, 1.807) is 0 Å². The van der Waals surface area contributed by atoms with Gasteiger partial charge in [0.05, 0.1) is 0 Å². The van der Waals surface area contributed by atoms with E-state index in [9.17, 15) is 0 Å². The predicted octanol–water partition coefficient (Wildman–Crippen LogP) is 1.10. The highest BCUT2D eigenvalue weighted by molar-refractivity contribution is 9.10. The molecule has 18 heavy (non-hydrogen) atoms. The standard InChI is InChI=1S/C6Br3N9/c7-1-10-4-16(13-1)5-11-2(8)15-18(5)6-12-3(9)14-17(4)6. The van der Waals surface area contributed by atoms with Crippen molar-refractivity contribution in [3.63, 3.8) is 0 Å². The topological polar surface area (TPSA) is 90.6 Å². The van der Waals surface area contributed by atoms with Gasteiger partial charge >= 0.3 is 0 Å². The zero-order valence-electron chi connectivity index (χ0n) is 8.16. The van der Waals surface area contributed by atoms with Gasteiger partial charge in [-0.1, -0.05) is 0 Å². The molecule has 4 aromatic rings. The van der Waals surface area contributed by atoms with Crippen molar-refractivity contribution in [2.45, 2.75) is 0 Å². The Morgan fingerprint density at radius 2 is 0.833 bits per heavy atom. The number of hydrogen-bond acceptors (Lipinski definition) is 6. The minimum absolute atomic E-state index is 0.433. The van der Waals surface area contributed by atoms with Gasteiger partial charge < -0.3 is 0 Å². The van der Waals surface area contributed by atoms with Crippen LogP contribution >= 0.6 is 47.8 Å². The van der Waals surface area contributed by atoms with Crippen molar-refractivity contribution in [2.24, 2.45) is 0 Å². The number of halogens is 3. The third-order valence-corrected chi connectivity index (χ3v) is 3.27. The van der Waals surface area contributed by atoms with E-state index in [1.807, 2.05) is 0 Å². The Morgan fingerprint density at radius 1 is 0.556 bits per heavy atom. The lowest BCUT2D eigenvalue weighted by atomic mass is 10.9. The second-order valence-corrected chi connectivity index (χ2v) is 5.41. The summed E-state index contributed by atoms with van der Waals surface area (Å²) in [5, 5.41) is 12.6. The largest absolute Gasteiger partial charge is 0.261 e. The van der Waals surface area contributed by atoms with Crippen LogP contribution in [0.25, 0.3) is 17.3 Å². The first-order valence-corrected chi connectivity index (χ1v) is 6.90. The number of rotatable bonds is 0. The van der Waals surface area contributed by atoms with Gasteiger partial charge in [-0.05, 0) is 47.8 Å². The van der Waals surface area contributed by atoms with Gasteiger partial charge in [0.15, 0.2) is 0 Å². The SMILES string of the molecule is Brc1nc2n(n1)c1nc(Br)nn1c1nc(Br)nn21. The summed E-state index contributed by atoms with van der Waals surface area (Å²) in [4.78, 5) is 12.7. The molecule has 90 valence electrons. The number of aromatic nitrogens is 9. The van der Waals surface area contributed by atoms with Crippen LogP contribution in [0.3, 0.4) is 0 Å². The third-order valence-electron chi connectivity index (χ3n) is 2.26. The normalized spacial score (nSPS) is 12.2. The van der Waals surface area contributed by atoms with Crippen LogP contribution in [0.5, 0.6) is 0 Å². The van der Waals surface area contributed by atoms with Gasteiger partial charge in [0.2, 0.25) is 14.2 Å². The molecule has 0 atom stereocenters. The van der Waals surface area contributed by atoms with Crippen molar-refractivity contribution in [1.29, 1.82) is 0 Å². The van der Waals surface area contributed by atoms with Crippen LogP contribution in [0.15, 0.2) is 14.2 Å². The Bertz CT molecular complexity index is 699. The maximum Gasteiger partial charge on any atom is 0.261 e. The second-order valence-electron chi connectivity index (χ2n) is 3.28. The fraction of sp³-hybridized carbons (Fsp3) is 0. The van der Waals surface area contributed by atoms with Crippen molar-refractivity contribution < 1.29 is 0 Å². The zero-order valence-corrected chi connectivity index (χ0v) is 12.9. The smallest absolute Gasteiger partial charge is 0.183 e. The monoisotopic (exact) mass is 435 g/mol. The first kappa shape index (κ1) is 10.8. The molecule has 0 amide bonds. The van der Waals surface area contributed by atoms with E-state index in [-0.39, 0.29) is 0 Å². The van der Waals surface area contributed by atoms with Gasteiger partial charge in [-0.15, -0.1) is 15.3 Å². The maximum absolute atomic E-state index is 4.23. The van der Waals surface area contributed by atoms with Crippen LogP contribution in [-0.2, 0) is 0 Å². The number of fused-ring (bicyclic) bond motifs is 6. The van der Waals surface area contributed by atoms with Gasteiger partial charge in [-0.2, -0.15) is 28.5 Å². The molecule has 0 spiro atoms. The molecular formula is C6Br3N9. The van der Waals surface area contributed by atoms with Gasteiger partial charge in [0, 0.05) is 0 Å². The Balaban J connectivity index is 2.43. The maximum atomic E-state index is 4.23. The second kappa shape index (κ2) is 3.45. The number of nitrogens with zero attached hydrogens (tertiary/aromatic N) is 9. The van der Waals surface area contributed by atoms with Crippen LogP contribution in [0, 0.1) is 0 Å². The van der Waals surface area contributed by atoms with E-state index in [4.69, 9.17) is 0 Å². The van der Waals surface area contributed by atoms with Crippen molar-refractivity contribution in [2.75, 3.05) is 0 Å². The third kappa shape index (κ3) is 1.30. The van der Waals surface area contributed by atoms with Crippen molar-refractivity contribution >= 4 is 65.1 Å². The molecule has 0 aliphatic carbocycles. The van der Waals surface area contributed by atoms with Crippen molar-refractivity contribution in [3.05, 3.63) is 14.2 Å². The van der Waals surface area contributed by atoms with Crippen LogP contribution in [0.1, 0.15) is 0 Å². The molecule has 0 unspecified atom stereocenters. The summed E-state index contributed by atoms with van der Waals surface area (Å²) in [6.45, 7) is 0. The van der Waals surface area contributed by atoms with E-state index < -0.39 is 0 Å². The summed E-state index contributed by atoms with van der Waals surface area (Å²) in [6.07, 6.45) is 0. The molecule has 0 aliphatic rings. The van der Waals surface area contributed by atoms with E-state index in [0.717, 1.165) is 0 Å². The molecule has 12 heteroatoms. The molecule has 0 fully saturated rings. The summed E-state index contributed by atoms with van der Waals surface area (Å²) in [6, 6.07) is 0. The highest BCUT2D eigenvalue weighted by Crippen LogP contribution is 2.16. The molecule has 0 saturated carbocycles. The Hall–Kier alpha value is -1.14. The molecule has 0 radical (unpaired) electrons. The first-order valence-electron chi connectivity index (χ1n) is 4.52. The minimum atomic E-state index is 0.433. The van der Waals surface area contributed by atoms with Gasteiger partial charge in [0.1, 0.15) is 0 Å². The molecule has 0 aromatic carbocycles. The molecule has 4 heterocycles.